The number of ether oxygens (including phenoxy) is 1. The number of rotatable bonds is 6. The molecule has 110 valence electrons. The van der Waals surface area contributed by atoms with Crippen LogP contribution in [0.1, 0.15) is 41.3 Å². The third kappa shape index (κ3) is 3.79. The molecule has 1 nitrogen and oxygen atoms in total. The first-order valence-electron chi connectivity index (χ1n) is 7.76. The quantitative estimate of drug-likeness (QED) is 0.518. The molecule has 0 radical (unpaired) electrons. The summed E-state index contributed by atoms with van der Waals surface area (Å²) in [5, 5.41) is 0.139. The summed E-state index contributed by atoms with van der Waals surface area (Å²) in [7, 11) is 0. The second-order valence-corrected chi connectivity index (χ2v) is 6.19. The molecule has 0 aromatic heterocycles. The van der Waals surface area contributed by atoms with Crippen LogP contribution in [0.15, 0.2) is 48.5 Å². The fourth-order valence-corrected chi connectivity index (χ4v) is 3.18. The van der Waals surface area contributed by atoms with Crippen molar-refractivity contribution in [3.8, 4) is 5.75 Å². The topological polar surface area (TPSA) is 9.23 Å². The molecule has 1 aliphatic rings. The fraction of sp³-hybridized carbons (Fsp3) is 0.368. The molecule has 2 aromatic rings. The monoisotopic (exact) mass is 300 g/mol. The molecule has 0 spiro atoms. The van der Waals surface area contributed by atoms with Gasteiger partial charge in [-0.25, -0.2) is 0 Å². The lowest BCUT2D eigenvalue weighted by atomic mass is 10.0. The van der Waals surface area contributed by atoms with E-state index in [-0.39, 0.29) is 5.38 Å². The van der Waals surface area contributed by atoms with E-state index in [1.165, 1.54) is 23.1 Å². The fourth-order valence-electron chi connectivity index (χ4n) is 2.88. The van der Waals surface area contributed by atoms with Crippen LogP contribution in [0.5, 0.6) is 5.75 Å². The van der Waals surface area contributed by atoms with Crippen LogP contribution >= 0.6 is 11.6 Å². The number of aryl methyl sites for hydroxylation is 1. The largest absolute Gasteiger partial charge is 0.493 e. The standard InChI is InChI=1S/C19H21ClO/c20-18(16-7-2-1-3-8-16)9-5-4-6-15-10-11-19-17(14-15)12-13-21-19/h1-3,7-8,10-11,14,18H,4-6,9,12-13H2. The number of unbranched alkanes of at least 4 members (excludes halogenated alkanes) is 1. The lowest BCUT2D eigenvalue weighted by molar-refractivity contribution is 0.357. The molecule has 3 rings (SSSR count). The molecule has 0 aliphatic carbocycles. The Hall–Kier alpha value is -1.47. The van der Waals surface area contributed by atoms with Crippen molar-refractivity contribution in [3.63, 3.8) is 0 Å². The first-order valence-corrected chi connectivity index (χ1v) is 8.20. The molecule has 1 aliphatic heterocycles. The van der Waals surface area contributed by atoms with Gasteiger partial charge in [-0.1, -0.05) is 48.9 Å². The summed E-state index contributed by atoms with van der Waals surface area (Å²) in [5.41, 5.74) is 4.02. The van der Waals surface area contributed by atoms with E-state index in [9.17, 15) is 0 Å². The molecule has 1 atom stereocenters. The molecule has 21 heavy (non-hydrogen) atoms. The maximum atomic E-state index is 6.45. The molecule has 2 aromatic carbocycles. The van der Waals surface area contributed by atoms with Crippen LogP contribution in [-0.2, 0) is 12.8 Å². The zero-order valence-electron chi connectivity index (χ0n) is 12.2. The van der Waals surface area contributed by atoms with Crippen molar-refractivity contribution in [2.45, 2.75) is 37.5 Å². The molecule has 2 heteroatoms. The van der Waals surface area contributed by atoms with E-state index in [4.69, 9.17) is 16.3 Å². The smallest absolute Gasteiger partial charge is 0.122 e. The normalized spacial score (nSPS) is 14.5. The summed E-state index contributed by atoms with van der Waals surface area (Å²) >= 11 is 6.45. The van der Waals surface area contributed by atoms with Crippen molar-refractivity contribution in [2.24, 2.45) is 0 Å². The molecule has 1 unspecified atom stereocenters. The van der Waals surface area contributed by atoms with Crippen LogP contribution in [0.25, 0.3) is 0 Å². The van der Waals surface area contributed by atoms with Gasteiger partial charge in [-0.3, -0.25) is 0 Å². The minimum atomic E-state index is 0.139. The van der Waals surface area contributed by atoms with Gasteiger partial charge < -0.3 is 4.74 Å². The summed E-state index contributed by atoms with van der Waals surface area (Å²) in [6.07, 6.45) is 5.58. The van der Waals surface area contributed by atoms with Crippen LogP contribution in [-0.4, -0.2) is 6.61 Å². The van der Waals surface area contributed by atoms with Crippen LogP contribution in [0, 0.1) is 0 Å². The van der Waals surface area contributed by atoms with Gasteiger partial charge in [0.1, 0.15) is 5.75 Å². The first kappa shape index (κ1) is 14.5. The Labute approximate surface area is 131 Å². The second-order valence-electron chi connectivity index (χ2n) is 5.66. The Morgan fingerprint density at radius 2 is 1.90 bits per heavy atom. The zero-order chi connectivity index (χ0) is 14.5. The van der Waals surface area contributed by atoms with E-state index in [0.717, 1.165) is 38.0 Å². The van der Waals surface area contributed by atoms with Crippen molar-refractivity contribution < 1.29 is 4.74 Å². The average Bonchev–Trinajstić information content (AvgIpc) is 3.00. The molecule has 0 N–H and O–H groups in total. The lowest BCUT2D eigenvalue weighted by Gasteiger charge is -2.09. The van der Waals surface area contributed by atoms with Crippen LogP contribution in [0.4, 0.5) is 0 Å². The van der Waals surface area contributed by atoms with Gasteiger partial charge in [0, 0.05) is 6.42 Å². The highest BCUT2D eigenvalue weighted by atomic mass is 35.5. The summed E-state index contributed by atoms with van der Waals surface area (Å²) in [6, 6.07) is 17.0. The Balaban J connectivity index is 1.44. The van der Waals surface area contributed by atoms with E-state index >= 15 is 0 Å². The summed E-state index contributed by atoms with van der Waals surface area (Å²) in [4.78, 5) is 0. The van der Waals surface area contributed by atoms with E-state index in [2.05, 4.69) is 42.5 Å². The highest BCUT2D eigenvalue weighted by molar-refractivity contribution is 6.20. The lowest BCUT2D eigenvalue weighted by Crippen LogP contribution is -1.92. The second kappa shape index (κ2) is 7.00. The summed E-state index contributed by atoms with van der Waals surface area (Å²) in [5.74, 6) is 1.07. The number of hydrogen-bond donors (Lipinski definition) is 0. The number of fused-ring (bicyclic) bond motifs is 1. The highest BCUT2D eigenvalue weighted by Crippen LogP contribution is 2.28. The predicted octanol–water partition coefficient (Wildman–Crippen LogP) is 5.31. The minimum absolute atomic E-state index is 0.139. The predicted molar refractivity (Wildman–Crippen MR) is 88.2 cm³/mol. The maximum absolute atomic E-state index is 6.45. The maximum Gasteiger partial charge on any atom is 0.122 e. The molecule has 1 heterocycles. The molecule has 0 saturated carbocycles. The number of hydrogen-bond acceptors (Lipinski definition) is 1. The summed E-state index contributed by atoms with van der Waals surface area (Å²) in [6.45, 7) is 0.837. The van der Waals surface area contributed by atoms with Gasteiger partial charge in [-0.05, 0) is 42.0 Å². The van der Waals surface area contributed by atoms with Gasteiger partial charge in [-0.2, -0.15) is 0 Å². The molecular formula is C19H21ClO. The van der Waals surface area contributed by atoms with E-state index < -0.39 is 0 Å². The Kier molecular flexibility index (Phi) is 4.82. The van der Waals surface area contributed by atoms with Crippen LogP contribution in [0.3, 0.4) is 0 Å². The van der Waals surface area contributed by atoms with Crippen LogP contribution < -0.4 is 4.74 Å². The van der Waals surface area contributed by atoms with Crippen molar-refractivity contribution in [3.05, 3.63) is 65.2 Å². The Bertz CT molecular complexity index is 579. The molecule has 0 fully saturated rings. The van der Waals surface area contributed by atoms with Gasteiger partial charge in [0.15, 0.2) is 0 Å². The van der Waals surface area contributed by atoms with Gasteiger partial charge in [0.25, 0.3) is 0 Å². The Morgan fingerprint density at radius 3 is 2.76 bits per heavy atom. The van der Waals surface area contributed by atoms with Gasteiger partial charge >= 0.3 is 0 Å². The average molecular weight is 301 g/mol. The van der Waals surface area contributed by atoms with Gasteiger partial charge in [-0.15, -0.1) is 11.6 Å². The van der Waals surface area contributed by atoms with Gasteiger partial charge in [0.2, 0.25) is 0 Å². The summed E-state index contributed by atoms with van der Waals surface area (Å²) < 4.78 is 5.54. The third-order valence-corrected chi connectivity index (χ3v) is 4.56. The van der Waals surface area contributed by atoms with E-state index in [0.29, 0.717) is 0 Å². The molecule has 0 bridgehead atoms. The van der Waals surface area contributed by atoms with Gasteiger partial charge in [0.05, 0.1) is 12.0 Å². The van der Waals surface area contributed by atoms with E-state index in [1.807, 2.05) is 6.07 Å². The number of benzene rings is 2. The zero-order valence-corrected chi connectivity index (χ0v) is 13.0. The third-order valence-electron chi connectivity index (χ3n) is 4.09. The number of halogens is 1. The highest BCUT2D eigenvalue weighted by Gasteiger charge is 2.12. The van der Waals surface area contributed by atoms with Crippen molar-refractivity contribution in [1.29, 1.82) is 0 Å². The number of alkyl halides is 1. The molecule has 0 amide bonds. The van der Waals surface area contributed by atoms with Crippen molar-refractivity contribution >= 4 is 11.6 Å². The molecular weight excluding hydrogens is 280 g/mol. The van der Waals surface area contributed by atoms with Crippen LogP contribution in [0.2, 0.25) is 0 Å². The van der Waals surface area contributed by atoms with Crippen molar-refractivity contribution in [2.75, 3.05) is 6.61 Å². The van der Waals surface area contributed by atoms with E-state index in [1.54, 1.807) is 0 Å². The SMILES string of the molecule is ClC(CCCCc1ccc2c(c1)CCO2)c1ccccc1. The van der Waals surface area contributed by atoms with Crippen molar-refractivity contribution in [1.82, 2.24) is 0 Å². The Morgan fingerprint density at radius 1 is 1.05 bits per heavy atom. The molecule has 0 saturated heterocycles. The first-order chi connectivity index (χ1) is 10.3. The minimum Gasteiger partial charge on any atom is -0.493 e.